The van der Waals surface area contributed by atoms with Crippen LogP contribution in [0.5, 0.6) is 0 Å². The van der Waals surface area contributed by atoms with Crippen LogP contribution in [0.15, 0.2) is 36.4 Å². The van der Waals surface area contributed by atoms with Crippen molar-refractivity contribution in [1.82, 2.24) is 0 Å². The number of rotatable bonds is 38. The monoisotopic (exact) mass is 809 g/mol. The van der Waals surface area contributed by atoms with E-state index in [4.69, 9.17) is 0 Å². The van der Waals surface area contributed by atoms with Crippen LogP contribution in [0.2, 0.25) is 0 Å². The van der Waals surface area contributed by atoms with Gasteiger partial charge in [-0.15, -0.1) is 34.0 Å². The Kier molecular flexibility index (Phi) is 29.1. The minimum absolute atomic E-state index is 0.863. The van der Waals surface area contributed by atoms with Gasteiger partial charge >= 0.3 is 0 Å². The van der Waals surface area contributed by atoms with Gasteiger partial charge in [0.15, 0.2) is 0 Å². The molecule has 0 fully saturated rings. The van der Waals surface area contributed by atoms with E-state index in [2.05, 4.69) is 86.8 Å². The van der Waals surface area contributed by atoms with Gasteiger partial charge in [-0.2, -0.15) is 0 Å². The molecule has 0 aromatic carbocycles. The topological polar surface area (TPSA) is 0 Å². The van der Waals surface area contributed by atoms with Gasteiger partial charge in [-0.05, 0) is 61.1 Å². The third-order valence-electron chi connectivity index (χ3n) is 12.3. The molecule has 0 spiro atoms. The highest BCUT2D eigenvalue weighted by Crippen LogP contribution is 2.41. The van der Waals surface area contributed by atoms with E-state index in [0.29, 0.717) is 0 Å². The summed E-state index contributed by atoms with van der Waals surface area (Å²) in [5, 5.41) is 0. The fraction of sp³-hybridized carbons (Fsp3) is 0.769. The Morgan fingerprint density at radius 2 is 0.527 bits per heavy atom. The van der Waals surface area contributed by atoms with Gasteiger partial charge in [0, 0.05) is 29.3 Å². The zero-order valence-corrected chi connectivity index (χ0v) is 39.3. The van der Waals surface area contributed by atoms with Crippen LogP contribution in [-0.2, 0) is 12.8 Å². The fourth-order valence-electron chi connectivity index (χ4n) is 8.67. The maximum Gasteiger partial charge on any atom is 0.0449 e. The molecular formula is C52H88S3. The maximum atomic E-state index is 2.47. The van der Waals surface area contributed by atoms with Crippen LogP contribution in [0.3, 0.4) is 0 Å². The minimum atomic E-state index is 0.863. The summed E-state index contributed by atoms with van der Waals surface area (Å²) in [7, 11) is 0. The standard InChI is InChI=1S/C52H88S3/c1-5-9-13-17-21-23-27-31-35-45(33-29-25-19-15-11-7-3)43-47-37-39-49(53-47)51-41-42-52(55-51)50-40-38-48(54-50)44-46(34-30-26-20-16-12-8-4)36-32-28-24-22-18-14-10-6-2/h37-42,45-46H,5-36,43-44H2,1-4H3. The summed E-state index contributed by atoms with van der Waals surface area (Å²) in [6, 6.07) is 14.6. The highest BCUT2D eigenvalue weighted by Gasteiger charge is 2.16. The van der Waals surface area contributed by atoms with Gasteiger partial charge in [-0.1, -0.05) is 233 Å². The Balaban J connectivity index is 1.52. The van der Waals surface area contributed by atoms with E-state index in [0.717, 1.165) is 11.8 Å². The van der Waals surface area contributed by atoms with E-state index < -0.39 is 0 Å². The van der Waals surface area contributed by atoms with Gasteiger partial charge in [0.1, 0.15) is 0 Å². The highest BCUT2D eigenvalue weighted by molar-refractivity contribution is 7.26. The van der Waals surface area contributed by atoms with Crippen LogP contribution < -0.4 is 0 Å². The summed E-state index contributed by atoms with van der Waals surface area (Å²) in [6.07, 6.45) is 48.2. The first kappa shape index (κ1) is 48.5. The molecule has 2 unspecified atom stereocenters. The number of unbranched alkanes of at least 4 members (excludes halogenated alkanes) is 24. The Labute approximate surface area is 355 Å². The van der Waals surface area contributed by atoms with Crippen molar-refractivity contribution in [3.63, 3.8) is 0 Å². The van der Waals surface area contributed by atoms with Crippen molar-refractivity contribution in [2.75, 3.05) is 0 Å². The average molecular weight is 809 g/mol. The van der Waals surface area contributed by atoms with Crippen LogP contribution in [0, 0.1) is 11.8 Å². The second-order valence-corrected chi connectivity index (χ2v) is 20.9. The molecular weight excluding hydrogens is 721 g/mol. The van der Waals surface area contributed by atoms with Crippen molar-refractivity contribution < 1.29 is 0 Å². The summed E-state index contributed by atoms with van der Waals surface area (Å²) < 4.78 is 0. The predicted octanol–water partition coefficient (Wildman–Crippen LogP) is 20.1. The SMILES string of the molecule is CCCCCCCCCCC(CCCCCCCC)Cc1ccc(-c2ccc(-c3ccc(CC(CCCCCCCC)CCCCCCCCCC)s3)s2)s1. The second kappa shape index (κ2) is 33.0. The first-order chi connectivity index (χ1) is 27.2. The molecule has 0 aliphatic rings. The van der Waals surface area contributed by atoms with Crippen LogP contribution in [-0.4, -0.2) is 0 Å². The number of thiophene rings is 3. The second-order valence-electron chi connectivity index (χ2n) is 17.5. The first-order valence-electron chi connectivity index (χ1n) is 24.4. The quantitative estimate of drug-likeness (QED) is 0.0506. The molecule has 3 aromatic heterocycles. The van der Waals surface area contributed by atoms with Crippen molar-refractivity contribution in [2.45, 2.75) is 246 Å². The van der Waals surface area contributed by atoms with Gasteiger partial charge in [0.2, 0.25) is 0 Å². The summed E-state index contributed by atoms with van der Waals surface area (Å²) in [4.78, 5) is 9.13. The molecule has 0 saturated heterocycles. The molecule has 55 heavy (non-hydrogen) atoms. The molecule has 3 aromatic rings. The van der Waals surface area contributed by atoms with Crippen molar-refractivity contribution in [1.29, 1.82) is 0 Å². The van der Waals surface area contributed by atoms with Crippen molar-refractivity contribution in [3.05, 3.63) is 46.2 Å². The van der Waals surface area contributed by atoms with E-state index in [9.17, 15) is 0 Å². The van der Waals surface area contributed by atoms with Gasteiger partial charge in [-0.25, -0.2) is 0 Å². The molecule has 314 valence electrons. The minimum Gasteiger partial charge on any atom is -0.139 e. The number of hydrogen-bond acceptors (Lipinski definition) is 3. The lowest BCUT2D eigenvalue weighted by Crippen LogP contribution is -2.04. The van der Waals surface area contributed by atoms with Crippen LogP contribution >= 0.6 is 34.0 Å². The predicted molar refractivity (Wildman–Crippen MR) is 256 cm³/mol. The Bertz CT molecular complexity index is 1170. The summed E-state index contributed by atoms with van der Waals surface area (Å²) in [5.41, 5.74) is 0. The molecule has 0 nitrogen and oxygen atoms in total. The van der Waals surface area contributed by atoms with E-state index in [-0.39, 0.29) is 0 Å². The van der Waals surface area contributed by atoms with E-state index in [1.54, 1.807) is 9.75 Å². The lowest BCUT2D eigenvalue weighted by atomic mass is 9.91. The Hall–Kier alpha value is -0.900. The molecule has 0 amide bonds. The zero-order chi connectivity index (χ0) is 39.0. The lowest BCUT2D eigenvalue weighted by molar-refractivity contribution is 0.402. The van der Waals surface area contributed by atoms with Gasteiger partial charge < -0.3 is 0 Å². The largest absolute Gasteiger partial charge is 0.139 e. The van der Waals surface area contributed by atoms with Crippen LogP contribution in [0.4, 0.5) is 0 Å². The normalized spacial score (nSPS) is 12.9. The molecule has 0 saturated carbocycles. The summed E-state index contributed by atoms with van der Waals surface area (Å²) in [6.45, 7) is 9.31. The fourth-order valence-corrected chi connectivity index (χ4v) is 12.1. The third-order valence-corrected chi connectivity index (χ3v) is 16.0. The Morgan fingerprint density at radius 3 is 0.818 bits per heavy atom. The van der Waals surface area contributed by atoms with Gasteiger partial charge in [-0.3, -0.25) is 0 Å². The molecule has 0 N–H and O–H groups in total. The molecule has 3 heteroatoms. The van der Waals surface area contributed by atoms with Crippen molar-refractivity contribution in [2.24, 2.45) is 11.8 Å². The average Bonchev–Trinajstić information content (AvgIpc) is 3.98. The third kappa shape index (κ3) is 22.7. The van der Waals surface area contributed by atoms with Crippen LogP contribution in [0.25, 0.3) is 19.5 Å². The maximum absolute atomic E-state index is 2.47. The molecule has 0 bridgehead atoms. The first-order valence-corrected chi connectivity index (χ1v) is 26.9. The number of hydrogen-bond donors (Lipinski definition) is 0. The molecule has 0 aliphatic carbocycles. The van der Waals surface area contributed by atoms with Gasteiger partial charge in [0.05, 0.1) is 0 Å². The molecule has 2 atom stereocenters. The zero-order valence-electron chi connectivity index (χ0n) is 36.9. The Morgan fingerprint density at radius 1 is 0.291 bits per heavy atom. The highest BCUT2D eigenvalue weighted by atomic mass is 32.1. The summed E-state index contributed by atoms with van der Waals surface area (Å²) >= 11 is 6.19. The van der Waals surface area contributed by atoms with E-state index >= 15 is 0 Å². The smallest absolute Gasteiger partial charge is 0.0449 e. The molecule has 3 heterocycles. The molecule has 3 rings (SSSR count). The van der Waals surface area contributed by atoms with Gasteiger partial charge in [0.25, 0.3) is 0 Å². The van der Waals surface area contributed by atoms with E-state index in [1.807, 2.05) is 11.3 Å². The molecule has 0 aliphatic heterocycles. The van der Waals surface area contributed by atoms with Crippen molar-refractivity contribution in [3.8, 4) is 19.5 Å². The van der Waals surface area contributed by atoms with Crippen LogP contribution in [0.1, 0.15) is 243 Å². The van der Waals surface area contributed by atoms with E-state index in [1.165, 1.54) is 238 Å². The van der Waals surface area contributed by atoms with Crippen molar-refractivity contribution >= 4 is 34.0 Å². The molecule has 0 radical (unpaired) electrons. The lowest BCUT2D eigenvalue weighted by Gasteiger charge is -2.16. The summed E-state index contributed by atoms with van der Waals surface area (Å²) in [5.74, 6) is 1.73.